The maximum Gasteiger partial charge on any atom is 0.123 e. The smallest absolute Gasteiger partial charge is 0.123 e. The Balaban J connectivity index is 1.64. The van der Waals surface area contributed by atoms with Gasteiger partial charge in [0.1, 0.15) is 24.3 Å². The Hall–Kier alpha value is -1.13. The Morgan fingerprint density at radius 2 is 2.06 bits per heavy atom. The number of hydrogen-bond acceptors (Lipinski definition) is 3. The number of benzene rings is 1. The topological polar surface area (TPSA) is 41.5 Å². The van der Waals surface area contributed by atoms with E-state index in [0.717, 1.165) is 5.92 Å². The highest BCUT2D eigenvalue weighted by Crippen LogP contribution is 2.32. The molecule has 0 aliphatic heterocycles. The van der Waals surface area contributed by atoms with Crippen LogP contribution in [-0.2, 0) is 0 Å². The van der Waals surface area contributed by atoms with Crippen molar-refractivity contribution in [3.05, 3.63) is 30.1 Å². The number of nitrogens with one attached hydrogen (secondary N) is 1. The molecule has 0 aromatic heterocycles. The molecule has 0 heterocycles. The summed E-state index contributed by atoms with van der Waals surface area (Å²) in [6.07, 6.45) is 2.03. The summed E-state index contributed by atoms with van der Waals surface area (Å²) < 4.78 is 18.0. The van der Waals surface area contributed by atoms with Gasteiger partial charge >= 0.3 is 0 Å². The van der Waals surface area contributed by atoms with E-state index in [1.165, 1.54) is 25.0 Å². The SMILES string of the molecule is CC(NCC(O)COc1ccc(F)cc1)C1CC1. The highest BCUT2D eigenvalue weighted by Gasteiger charge is 2.27. The molecule has 1 fully saturated rings. The monoisotopic (exact) mass is 253 g/mol. The summed E-state index contributed by atoms with van der Waals surface area (Å²) in [5.41, 5.74) is 0. The average Bonchev–Trinajstić information content (AvgIpc) is 3.19. The van der Waals surface area contributed by atoms with E-state index in [4.69, 9.17) is 4.74 Å². The third-order valence-corrected chi connectivity index (χ3v) is 3.26. The second-order valence-electron chi connectivity index (χ2n) is 4.95. The zero-order chi connectivity index (χ0) is 13.0. The van der Waals surface area contributed by atoms with Crippen LogP contribution in [0, 0.1) is 11.7 Å². The number of ether oxygens (including phenoxy) is 1. The van der Waals surface area contributed by atoms with Crippen LogP contribution in [0.25, 0.3) is 0 Å². The van der Waals surface area contributed by atoms with Gasteiger partial charge in [0, 0.05) is 12.6 Å². The van der Waals surface area contributed by atoms with Crippen molar-refractivity contribution in [1.82, 2.24) is 5.32 Å². The van der Waals surface area contributed by atoms with Gasteiger partial charge in [0.25, 0.3) is 0 Å². The largest absolute Gasteiger partial charge is 0.491 e. The van der Waals surface area contributed by atoms with Crippen molar-refractivity contribution >= 4 is 0 Å². The van der Waals surface area contributed by atoms with Crippen LogP contribution in [0.1, 0.15) is 19.8 Å². The molecule has 2 N–H and O–H groups in total. The number of halogens is 1. The van der Waals surface area contributed by atoms with Crippen molar-refractivity contribution in [2.75, 3.05) is 13.2 Å². The molecule has 1 saturated carbocycles. The molecule has 100 valence electrons. The van der Waals surface area contributed by atoms with Crippen molar-refractivity contribution in [1.29, 1.82) is 0 Å². The van der Waals surface area contributed by atoms with Gasteiger partial charge in [0.05, 0.1) is 0 Å². The molecule has 1 aliphatic carbocycles. The minimum atomic E-state index is -0.545. The Morgan fingerprint density at radius 3 is 2.67 bits per heavy atom. The molecule has 3 nitrogen and oxygen atoms in total. The normalized spacial score (nSPS) is 18.4. The first kappa shape index (κ1) is 13.3. The van der Waals surface area contributed by atoms with Crippen LogP contribution in [0.5, 0.6) is 5.75 Å². The summed E-state index contributed by atoms with van der Waals surface area (Å²) in [7, 11) is 0. The second kappa shape index (κ2) is 6.16. The van der Waals surface area contributed by atoms with E-state index >= 15 is 0 Å². The lowest BCUT2D eigenvalue weighted by molar-refractivity contribution is 0.103. The first-order valence-electron chi connectivity index (χ1n) is 6.45. The molecule has 18 heavy (non-hydrogen) atoms. The molecule has 0 spiro atoms. The van der Waals surface area contributed by atoms with Gasteiger partial charge in [-0.1, -0.05) is 0 Å². The van der Waals surface area contributed by atoms with Crippen LogP contribution in [0.3, 0.4) is 0 Å². The van der Waals surface area contributed by atoms with E-state index in [9.17, 15) is 9.50 Å². The lowest BCUT2D eigenvalue weighted by atomic mass is 10.2. The van der Waals surface area contributed by atoms with Crippen molar-refractivity contribution in [2.24, 2.45) is 5.92 Å². The Kier molecular flexibility index (Phi) is 4.55. The van der Waals surface area contributed by atoms with E-state index in [1.54, 1.807) is 12.1 Å². The number of aliphatic hydroxyl groups excluding tert-OH is 1. The third kappa shape index (κ3) is 4.27. The molecule has 4 heteroatoms. The molecule has 2 unspecified atom stereocenters. The van der Waals surface area contributed by atoms with E-state index in [0.29, 0.717) is 18.3 Å². The molecule has 0 amide bonds. The lowest BCUT2D eigenvalue weighted by Gasteiger charge is -2.17. The molecule has 1 aromatic carbocycles. The van der Waals surface area contributed by atoms with Crippen molar-refractivity contribution in [3.8, 4) is 5.75 Å². The molecule has 0 radical (unpaired) electrons. The van der Waals surface area contributed by atoms with Crippen LogP contribution >= 0.6 is 0 Å². The first-order valence-corrected chi connectivity index (χ1v) is 6.45. The molecule has 1 aliphatic rings. The minimum absolute atomic E-state index is 0.218. The van der Waals surface area contributed by atoms with Gasteiger partial charge in [-0.15, -0.1) is 0 Å². The van der Waals surface area contributed by atoms with Crippen LogP contribution in [0.4, 0.5) is 4.39 Å². The first-order chi connectivity index (χ1) is 8.65. The summed E-state index contributed by atoms with van der Waals surface area (Å²) in [5.74, 6) is 1.06. The quantitative estimate of drug-likeness (QED) is 0.780. The summed E-state index contributed by atoms with van der Waals surface area (Å²) in [4.78, 5) is 0. The van der Waals surface area contributed by atoms with Gasteiger partial charge in [0.15, 0.2) is 0 Å². The van der Waals surface area contributed by atoms with Gasteiger partial charge < -0.3 is 15.2 Å². The van der Waals surface area contributed by atoms with Gasteiger partial charge in [-0.2, -0.15) is 0 Å². The van der Waals surface area contributed by atoms with Crippen LogP contribution in [0.2, 0.25) is 0 Å². The number of rotatable bonds is 7. The fourth-order valence-electron chi connectivity index (χ4n) is 1.87. The van der Waals surface area contributed by atoms with Crippen LogP contribution in [-0.4, -0.2) is 30.4 Å². The summed E-state index contributed by atoms with van der Waals surface area (Å²) >= 11 is 0. The molecule has 1 aromatic rings. The molecule has 0 saturated heterocycles. The average molecular weight is 253 g/mol. The van der Waals surface area contributed by atoms with E-state index in [1.807, 2.05) is 0 Å². The maximum atomic E-state index is 12.7. The van der Waals surface area contributed by atoms with Gasteiger partial charge in [-0.05, 0) is 49.9 Å². The lowest BCUT2D eigenvalue weighted by Crippen LogP contribution is -2.37. The highest BCUT2D eigenvalue weighted by atomic mass is 19.1. The van der Waals surface area contributed by atoms with E-state index < -0.39 is 6.10 Å². The standard InChI is InChI=1S/C14H20FNO2/c1-10(11-2-3-11)16-8-13(17)9-18-14-6-4-12(15)5-7-14/h4-7,10-11,13,16-17H,2-3,8-9H2,1H3. The Labute approximate surface area is 107 Å². The van der Waals surface area contributed by atoms with Gasteiger partial charge in [-0.3, -0.25) is 0 Å². The predicted molar refractivity (Wildman–Crippen MR) is 68.1 cm³/mol. The molecule has 2 rings (SSSR count). The second-order valence-corrected chi connectivity index (χ2v) is 4.95. The minimum Gasteiger partial charge on any atom is -0.491 e. The number of hydrogen-bond donors (Lipinski definition) is 2. The fourth-order valence-corrected chi connectivity index (χ4v) is 1.87. The zero-order valence-corrected chi connectivity index (χ0v) is 10.6. The van der Waals surface area contributed by atoms with E-state index in [2.05, 4.69) is 12.2 Å². The zero-order valence-electron chi connectivity index (χ0n) is 10.6. The Morgan fingerprint density at radius 1 is 1.39 bits per heavy atom. The molecular formula is C14H20FNO2. The predicted octanol–water partition coefficient (Wildman–Crippen LogP) is 1.95. The van der Waals surface area contributed by atoms with Gasteiger partial charge in [0.2, 0.25) is 0 Å². The molecule has 0 bridgehead atoms. The van der Waals surface area contributed by atoms with Crippen LogP contribution in [0.15, 0.2) is 24.3 Å². The maximum absolute atomic E-state index is 12.7. The van der Waals surface area contributed by atoms with Crippen molar-refractivity contribution in [2.45, 2.75) is 31.9 Å². The van der Waals surface area contributed by atoms with Gasteiger partial charge in [-0.25, -0.2) is 4.39 Å². The summed E-state index contributed by atoms with van der Waals surface area (Å²) in [6.45, 7) is 2.89. The third-order valence-electron chi connectivity index (χ3n) is 3.26. The molecule has 2 atom stereocenters. The molecular weight excluding hydrogens is 233 g/mol. The van der Waals surface area contributed by atoms with E-state index in [-0.39, 0.29) is 12.4 Å². The summed E-state index contributed by atoms with van der Waals surface area (Å²) in [6, 6.07) is 6.26. The fraction of sp³-hybridized carbons (Fsp3) is 0.571. The van der Waals surface area contributed by atoms with Crippen molar-refractivity contribution in [3.63, 3.8) is 0 Å². The van der Waals surface area contributed by atoms with Crippen LogP contribution < -0.4 is 10.1 Å². The number of aliphatic hydroxyl groups is 1. The van der Waals surface area contributed by atoms with Crippen molar-refractivity contribution < 1.29 is 14.2 Å². The Bertz CT molecular complexity index is 365. The highest BCUT2D eigenvalue weighted by molar-refractivity contribution is 5.22. The summed E-state index contributed by atoms with van der Waals surface area (Å²) in [5, 5.41) is 13.1.